The van der Waals surface area contributed by atoms with Gasteiger partial charge in [-0.05, 0) is 0 Å². The molecule has 5 heteroatoms. The van der Waals surface area contributed by atoms with E-state index in [0.717, 1.165) is 0 Å². The van der Waals surface area contributed by atoms with Gasteiger partial charge in [0.2, 0.25) is 0 Å². The van der Waals surface area contributed by atoms with Crippen molar-refractivity contribution in [3.8, 4) is 0 Å². The van der Waals surface area contributed by atoms with Gasteiger partial charge in [0.15, 0.2) is 0 Å². The zero-order valence-electron chi connectivity index (χ0n) is 7.84. The summed E-state index contributed by atoms with van der Waals surface area (Å²) in [6.07, 6.45) is 0. The van der Waals surface area contributed by atoms with Gasteiger partial charge in [-0.3, -0.25) is 0 Å². The van der Waals surface area contributed by atoms with Gasteiger partial charge in [-0.25, -0.2) is 0 Å². The summed E-state index contributed by atoms with van der Waals surface area (Å²) >= 11 is -3.28. The number of rotatable bonds is 3. The Morgan fingerprint density at radius 2 is 1.50 bits per heavy atom. The number of carbonyl (C=O) groups is 2. The van der Waals surface area contributed by atoms with E-state index in [4.69, 9.17) is 6.15 Å². The second-order valence-electron chi connectivity index (χ2n) is 2.67. The minimum absolute atomic E-state index is 0.364. The quantitative estimate of drug-likeness (QED) is 0.729. The number of carbonyl (C=O) groups excluding carboxylic acids is 2. The molecule has 12 heavy (non-hydrogen) atoms. The molecule has 0 atom stereocenters. The molecule has 0 heterocycles. The molecule has 0 aromatic rings. The molecule has 0 unspecified atom stereocenters. The van der Waals surface area contributed by atoms with E-state index in [1.807, 2.05) is 6.92 Å². The van der Waals surface area contributed by atoms with E-state index < -0.39 is 19.2 Å². The fourth-order valence-corrected chi connectivity index (χ4v) is 5.19. The first kappa shape index (κ1) is 11.7. The van der Waals surface area contributed by atoms with E-state index in [2.05, 4.69) is 0 Å². The third kappa shape index (κ3) is 4.58. The van der Waals surface area contributed by atoms with Crippen LogP contribution in [0.3, 0.4) is 0 Å². The maximum atomic E-state index is 10.6. The van der Waals surface area contributed by atoms with Gasteiger partial charge in [-0.15, -0.1) is 0 Å². The van der Waals surface area contributed by atoms with Crippen LogP contribution < -0.4 is 0 Å². The Labute approximate surface area is 77.2 Å². The molecule has 0 amide bonds. The van der Waals surface area contributed by atoms with E-state index in [0.29, 0.717) is 4.44 Å². The second-order valence-corrected chi connectivity index (χ2v) is 12.3. The molecule has 0 aliphatic heterocycles. The van der Waals surface area contributed by atoms with Crippen LogP contribution in [0.1, 0.15) is 20.8 Å². The van der Waals surface area contributed by atoms with Crippen molar-refractivity contribution in [3.05, 3.63) is 0 Å². The van der Waals surface area contributed by atoms with Crippen molar-refractivity contribution in [3.63, 3.8) is 0 Å². The monoisotopic (exact) mass is 282 g/mol. The van der Waals surface area contributed by atoms with Crippen LogP contribution in [0.4, 0.5) is 0 Å². The standard InChI is InChI=1S/2C2H4O2.C2H5.CH3.Sn/c2*1-2(3)4;1-2;;/h2*1H3,(H,3,4);1H2,2H3;1H3;/q;;;;+2/p-2. The molecule has 0 saturated carbocycles. The molecule has 0 aromatic carbocycles. The van der Waals surface area contributed by atoms with Gasteiger partial charge < -0.3 is 0 Å². The zero-order valence-corrected chi connectivity index (χ0v) is 10.7. The molecule has 0 aliphatic carbocycles. The summed E-state index contributed by atoms with van der Waals surface area (Å²) in [6.45, 7) is 4.52. The first-order valence-corrected chi connectivity index (χ1v) is 11.0. The molecule has 0 aromatic heterocycles. The van der Waals surface area contributed by atoms with Crippen molar-refractivity contribution in [2.24, 2.45) is 0 Å². The topological polar surface area (TPSA) is 52.6 Å². The van der Waals surface area contributed by atoms with Crippen LogP contribution in [0.2, 0.25) is 9.38 Å². The summed E-state index contributed by atoms with van der Waals surface area (Å²) in [5.41, 5.74) is 0. The van der Waals surface area contributed by atoms with Crippen molar-refractivity contribution in [1.29, 1.82) is 0 Å². The summed E-state index contributed by atoms with van der Waals surface area (Å²) in [6, 6.07) is 0. The van der Waals surface area contributed by atoms with E-state index in [1.54, 1.807) is 4.94 Å². The Hall–Kier alpha value is -0.261. The van der Waals surface area contributed by atoms with E-state index in [-0.39, 0.29) is 11.9 Å². The number of hydrogen-bond acceptors (Lipinski definition) is 4. The van der Waals surface area contributed by atoms with Gasteiger partial charge in [0.25, 0.3) is 0 Å². The molecule has 0 rings (SSSR count). The molecule has 0 N–H and O–H groups in total. The van der Waals surface area contributed by atoms with E-state index >= 15 is 0 Å². The van der Waals surface area contributed by atoms with Crippen LogP contribution in [0.25, 0.3) is 0 Å². The Bertz CT molecular complexity index is 174. The molecule has 4 nitrogen and oxygen atoms in total. The van der Waals surface area contributed by atoms with Crippen molar-refractivity contribution in [1.82, 2.24) is 0 Å². The predicted molar refractivity (Wildman–Crippen MR) is 45.6 cm³/mol. The third-order valence-electron chi connectivity index (χ3n) is 1.36. The summed E-state index contributed by atoms with van der Waals surface area (Å²) in [4.78, 5) is 23.0. The molecule has 0 fully saturated rings. The molecule has 0 spiro atoms. The SMILES string of the molecule is C[CH2][Sn]([CH3])([O]C(C)=O)[O]C(C)=O. The van der Waals surface area contributed by atoms with Gasteiger partial charge in [0.1, 0.15) is 0 Å². The van der Waals surface area contributed by atoms with Crippen LogP contribution >= 0.6 is 0 Å². The molecule has 0 aliphatic rings. The van der Waals surface area contributed by atoms with Crippen LogP contribution in [0.15, 0.2) is 0 Å². The van der Waals surface area contributed by atoms with Crippen molar-refractivity contribution >= 4 is 31.1 Å². The van der Waals surface area contributed by atoms with Crippen LogP contribution in [0.5, 0.6) is 0 Å². The average molecular weight is 281 g/mol. The first-order chi connectivity index (χ1) is 5.39. The van der Waals surface area contributed by atoms with E-state index in [9.17, 15) is 9.59 Å². The summed E-state index contributed by atoms with van der Waals surface area (Å²) in [7, 11) is 0. The van der Waals surface area contributed by atoms with Crippen molar-refractivity contribution in [2.75, 3.05) is 0 Å². The molecule has 70 valence electrons. The van der Waals surface area contributed by atoms with Crippen LogP contribution in [-0.4, -0.2) is 31.1 Å². The van der Waals surface area contributed by atoms with Crippen molar-refractivity contribution < 1.29 is 15.7 Å². The van der Waals surface area contributed by atoms with Crippen LogP contribution in [0, 0.1) is 0 Å². The Morgan fingerprint density at radius 1 is 1.17 bits per heavy atom. The van der Waals surface area contributed by atoms with Gasteiger partial charge >= 0.3 is 77.0 Å². The maximum absolute atomic E-state index is 10.6. The van der Waals surface area contributed by atoms with Gasteiger partial charge in [-0.1, -0.05) is 0 Å². The zero-order chi connectivity index (χ0) is 9.78. The summed E-state index contributed by atoms with van der Waals surface area (Å²) in [5, 5.41) is 0. The van der Waals surface area contributed by atoms with Gasteiger partial charge in [-0.2, -0.15) is 0 Å². The predicted octanol–water partition coefficient (Wildman–Crippen LogP) is 1.20. The van der Waals surface area contributed by atoms with Gasteiger partial charge in [0, 0.05) is 0 Å². The molecule has 0 bridgehead atoms. The Balaban J connectivity index is 4.23. The third-order valence-corrected chi connectivity index (χ3v) is 9.13. The van der Waals surface area contributed by atoms with Gasteiger partial charge in [0.05, 0.1) is 0 Å². The fourth-order valence-electron chi connectivity index (χ4n) is 0.773. The molecular formula is C7H14O4Sn. The molecule has 0 saturated heterocycles. The first-order valence-electron chi connectivity index (χ1n) is 3.79. The Kier molecular flexibility index (Phi) is 4.59. The number of hydrogen-bond donors (Lipinski definition) is 0. The minimum atomic E-state index is -3.28. The average Bonchev–Trinajstić information content (AvgIpc) is 1.83. The second kappa shape index (κ2) is 4.69. The Morgan fingerprint density at radius 3 is 1.67 bits per heavy atom. The molecule has 0 radical (unpaired) electrons. The van der Waals surface area contributed by atoms with Crippen molar-refractivity contribution in [2.45, 2.75) is 30.1 Å². The van der Waals surface area contributed by atoms with Crippen LogP contribution in [-0.2, 0) is 15.7 Å². The normalized spacial score (nSPS) is 10.7. The molecular weight excluding hydrogens is 267 g/mol. The summed E-state index contributed by atoms with van der Waals surface area (Å²) < 4.78 is 10.7. The summed E-state index contributed by atoms with van der Waals surface area (Å²) in [5.74, 6) is -0.729. The van der Waals surface area contributed by atoms with E-state index in [1.165, 1.54) is 13.8 Å². The fraction of sp³-hybridized carbons (Fsp3) is 0.714.